The lowest BCUT2D eigenvalue weighted by atomic mass is 9.91. The summed E-state index contributed by atoms with van der Waals surface area (Å²) in [6.07, 6.45) is 0.508. The zero-order valence-corrected chi connectivity index (χ0v) is 22.9. The van der Waals surface area contributed by atoms with Gasteiger partial charge in [0.1, 0.15) is 12.9 Å². The Labute approximate surface area is 231 Å². The lowest BCUT2D eigenvalue weighted by molar-refractivity contribution is -0.268. The number of amides is 2. The van der Waals surface area contributed by atoms with Gasteiger partial charge in [-0.2, -0.15) is 0 Å². The number of carbonyl (C=O) groups excluding carboxylic acids is 2. The normalized spacial score (nSPS) is 20.8. The van der Waals surface area contributed by atoms with Gasteiger partial charge in [-0.3, -0.25) is 4.79 Å². The molecule has 0 spiro atoms. The van der Waals surface area contributed by atoms with E-state index in [0.717, 1.165) is 21.8 Å². The number of nitrogens with zero attached hydrogens (tertiary/aromatic N) is 3. The van der Waals surface area contributed by atoms with Gasteiger partial charge < -0.3 is 34.5 Å². The van der Waals surface area contributed by atoms with Gasteiger partial charge in [-0.25, -0.2) is 4.79 Å². The van der Waals surface area contributed by atoms with E-state index >= 15 is 0 Å². The number of hydrogen-bond donors (Lipinski definition) is 3. The number of ether oxygens (including phenoxy) is 3. The largest absolute Gasteiger partial charge is 0.465 e. The maximum Gasteiger partial charge on any atom is 0.325 e. The number of nitrogens with one attached hydrogen (secondary N) is 2. The molecule has 4 atom stereocenters. The Bertz CT molecular complexity index is 1250. The van der Waals surface area contributed by atoms with Crippen molar-refractivity contribution in [2.24, 2.45) is 13.0 Å². The van der Waals surface area contributed by atoms with E-state index in [0.29, 0.717) is 11.4 Å². The molecular weight excluding hydrogens is 522 g/mol. The summed E-state index contributed by atoms with van der Waals surface area (Å²) in [4.78, 5) is 23.8. The fourth-order valence-corrected chi connectivity index (χ4v) is 5.22. The number of thioether (sulfide) groups is 1. The highest BCUT2D eigenvalue weighted by atomic mass is 32.2. The number of hydrogen-bond acceptors (Lipinski definition) is 9. The Morgan fingerprint density at radius 3 is 2.64 bits per heavy atom. The third kappa shape index (κ3) is 7.57. The van der Waals surface area contributed by atoms with Crippen molar-refractivity contribution in [1.82, 2.24) is 20.1 Å². The van der Waals surface area contributed by atoms with Crippen molar-refractivity contribution in [1.29, 1.82) is 0 Å². The van der Waals surface area contributed by atoms with Gasteiger partial charge in [-0.05, 0) is 30.2 Å². The predicted molar refractivity (Wildman–Crippen MR) is 145 cm³/mol. The van der Waals surface area contributed by atoms with E-state index in [1.807, 2.05) is 41.9 Å². The van der Waals surface area contributed by atoms with Crippen LogP contribution < -0.4 is 10.6 Å². The topological polar surface area (TPSA) is 137 Å². The molecule has 0 radical (unpaired) electrons. The molecule has 0 bridgehead atoms. The second kappa shape index (κ2) is 13.6. The number of aryl methyl sites for hydroxylation is 1. The Morgan fingerprint density at radius 2 is 1.95 bits per heavy atom. The molecule has 1 aromatic heterocycles. The standard InChI is InChI=1S/C27H33N5O6S/c1-4-36-23(34)13-28-26(35)30-21-7-5-6-20(12-21)25-37-22(15-39-27-31-29-16-32(27)3)17(2)24(38-25)19-10-8-18(14-33)9-11-19/h5-12,16-17,22,24-25,33H,4,13-15H2,1-3H3,(H2,28,30,35)/t17-,22+,24+,25+/m1/s1. The fourth-order valence-electron chi connectivity index (χ4n) is 4.17. The first-order valence-electron chi connectivity index (χ1n) is 12.7. The quantitative estimate of drug-likeness (QED) is 0.253. The molecule has 0 saturated carbocycles. The first-order chi connectivity index (χ1) is 18.9. The predicted octanol–water partition coefficient (Wildman–Crippen LogP) is 3.58. The number of urea groups is 1. The van der Waals surface area contributed by atoms with Crippen LogP contribution in [0.2, 0.25) is 0 Å². The number of carbonyl (C=O) groups is 2. The van der Waals surface area contributed by atoms with Crippen molar-refractivity contribution in [3.8, 4) is 0 Å². The second-order valence-corrected chi connectivity index (χ2v) is 10.1. The van der Waals surface area contributed by atoms with Crippen LogP contribution in [0, 0.1) is 5.92 Å². The number of benzene rings is 2. The van der Waals surface area contributed by atoms with Gasteiger partial charge in [0.15, 0.2) is 11.4 Å². The van der Waals surface area contributed by atoms with E-state index in [9.17, 15) is 14.7 Å². The average Bonchev–Trinajstić information content (AvgIpc) is 3.36. The number of aliphatic hydroxyl groups excluding tert-OH is 1. The van der Waals surface area contributed by atoms with Crippen molar-refractivity contribution in [3.05, 3.63) is 71.5 Å². The molecule has 1 aliphatic rings. The molecular formula is C27H33N5O6S. The highest BCUT2D eigenvalue weighted by Crippen LogP contribution is 2.43. The first-order valence-corrected chi connectivity index (χ1v) is 13.6. The lowest BCUT2D eigenvalue weighted by Gasteiger charge is -2.41. The van der Waals surface area contributed by atoms with Gasteiger partial charge in [0.2, 0.25) is 0 Å². The van der Waals surface area contributed by atoms with Gasteiger partial charge in [-0.15, -0.1) is 10.2 Å². The number of aromatic nitrogens is 3. The van der Waals surface area contributed by atoms with Gasteiger partial charge in [0.05, 0.1) is 25.4 Å². The van der Waals surface area contributed by atoms with E-state index in [1.165, 1.54) is 0 Å². The van der Waals surface area contributed by atoms with E-state index in [4.69, 9.17) is 14.2 Å². The van der Waals surface area contributed by atoms with Crippen LogP contribution in [0.15, 0.2) is 60.0 Å². The molecule has 208 valence electrons. The minimum Gasteiger partial charge on any atom is -0.465 e. The van der Waals surface area contributed by atoms with Gasteiger partial charge in [-0.1, -0.05) is 55.1 Å². The lowest BCUT2D eigenvalue weighted by Crippen LogP contribution is -2.38. The number of rotatable bonds is 10. The van der Waals surface area contributed by atoms with Crippen molar-refractivity contribution in [2.45, 2.75) is 44.1 Å². The first kappa shape index (κ1) is 28.6. The van der Waals surface area contributed by atoms with Crippen molar-refractivity contribution in [2.75, 3.05) is 24.2 Å². The summed E-state index contributed by atoms with van der Waals surface area (Å²) in [5.41, 5.74) is 3.06. The average molecular weight is 556 g/mol. The molecule has 0 aliphatic carbocycles. The van der Waals surface area contributed by atoms with Crippen LogP contribution in [0.1, 0.15) is 42.9 Å². The fraction of sp³-hybridized carbons (Fsp3) is 0.407. The molecule has 2 aromatic carbocycles. The molecule has 39 heavy (non-hydrogen) atoms. The summed E-state index contributed by atoms with van der Waals surface area (Å²) in [6, 6.07) is 14.4. The minimum absolute atomic E-state index is 0.0110. The summed E-state index contributed by atoms with van der Waals surface area (Å²) in [5, 5.41) is 23.6. The number of esters is 1. The Morgan fingerprint density at radius 1 is 1.15 bits per heavy atom. The molecule has 1 saturated heterocycles. The maximum absolute atomic E-state index is 12.3. The molecule has 3 aromatic rings. The molecule has 12 heteroatoms. The van der Waals surface area contributed by atoms with Gasteiger partial charge >= 0.3 is 12.0 Å². The summed E-state index contributed by atoms with van der Waals surface area (Å²) < 4.78 is 19.6. The van der Waals surface area contributed by atoms with Crippen molar-refractivity contribution in [3.63, 3.8) is 0 Å². The molecule has 1 fully saturated rings. The zero-order valence-electron chi connectivity index (χ0n) is 22.1. The second-order valence-electron chi connectivity index (χ2n) is 9.10. The van der Waals surface area contributed by atoms with Crippen LogP contribution in [0.25, 0.3) is 0 Å². The monoisotopic (exact) mass is 555 g/mol. The SMILES string of the molecule is CCOC(=O)CNC(=O)Nc1cccc([C@H]2O[C@@H](CSc3nncn3C)[C@@H](C)[C@@H](c3ccc(CO)cc3)O2)c1. The molecule has 1 aliphatic heterocycles. The van der Waals surface area contributed by atoms with E-state index in [-0.39, 0.29) is 37.9 Å². The van der Waals surface area contributed by atoms with Crippen LogP contribution >= 0.6 is 11.8 Å². The minimum atomic E-state index is -0.696. The molecule has 3 N–H and O–H groups in total. The van der Waals surface area contributed by atoms with Crippen molar-refractivity contribution >= 4 is 29.4 Å². The van der Waals surface area contributed by atoms with Crippen molar-refractivity contribution < 1.29 is 28.9 Å². The number of aliphatic hydroxyl groups is 1. The van der Waals surface area contributed by atoms with Gasteiger partial charge in [0.25, 0.3) is 0 Å². The Hall–Kier alpha value is -3.45. The summed E-state index contributed by atoms with van der Waals surface area (Å²) in [6.45, 7) is 3.78. The van der Waals surface area contributed by atoms with E-state index in [2.05, 4.69) is 27.8 Å². The third-order valence-corrected chi connectivity index (χ3v) is 7.41. The third-order valence-electron chi connectivity index (χ3n) is 6.29. The molecule has 2 amide bonds. The molecule has 2 heterocycles. The maximum atomic E-state index is 12.3. The summed E-state index contributed by atoms with van der Waals surface area (Å²) in [5.74, 6) is 0.132. The highest BCUT2D eigenvalue weighted by Gasteiger charge is 2.38. The molecule has 4 rings (SSSR count). The summed E-state index contributed by atoms with van der Waals surface area (Å²) >= 11 is 1.56. The van der Waals surface area contributed by atoms with Crippen LogP contribution in [-0.2, 0) is 32.7 Å². The van der Waals surface area contributed by atoms with E-state index in [1.54, 1.807) is 43.2 Å². The van der Waals surface area contributed by atoms with Crippen LogP contribution in [0.3, 0.4) is 0 Å². The number of anilines is 1. The smallest absolute Gasteiger partial charge is 0.325 e. The summed E-state index contributed by atoms with van der Waals surface area (Å²) in [7, 11) is 1.90. The van der Waals surface area contributed by atoms with Crippen LogP contribution in [0.5, 0.6) is 0 Å². The Balaban J connectivity index is 1.51. The molecule has 0 unspecified atom stereocenters. The van der Waals surface area contributed by atoms with Crippen LogP contribution in [0.4, 0.5) is 10.5 Å². The highest BCUT2D eigenvalue weighted by molar-refractivity contribution is 7.99. The Kier molecular flexibility index (Phi) is 9.93. The van der Waals surface area contributed by atoms with Gasteiger partial charge in [0, 0.05) is 30.0 Å². The van der Waals surface area contributed by atoms with E-state index < -0.39 is 18.3 Å². The molecule has 11 nitrogen and oxygen atoms in total. The van der Waals surface area contributed by atoms with Crippen LogP contribution in [-0.4, -0.2) is 56.9 Å². The zero-order chi connectivity index (χ0) is 27.8.